The quantitative estimate of drug-likeness (QED) is 0.421. The van der Waals surface area contributed by atoms with E-state index < -0.39 is 30.1 Å². The molecule has 0 unspecified atom stereocenters. The van der Waals surface area contributed by atoms with Gasteiger partial charge in [-0.2, -0.15) is 0 Å². The number of hydrogen-bond acceptors (Lipinski definition) is 7. The van der Waals surface area contributed by atoms with Crippen LogP contribution in [0.15, 0.2) is 58.7 Å². The standard InChI is InChI=1S/C26H30N5O3.3CH3.Sn/c1-26(2,3)34-25(33)31(17-22(32)19-12-8-13-19)16-18-9-7-14-21(15-18)24-29-27-23(28-30-24)20-10-5-4-6-11-20;;;;/h4-6,9-11,14-15,19H,8,12-13,16-17H2,1-3H3,(H,27,28)(H,29,30);3*1H3;. The van der Waals surface area contributed by atoms with Crippen LogP contribution in [-0.4, -0.2) is 59.0 Å². The monoisotopic (exact) mass is 625 g/mol. The molecule has 0 saturated heterocycles. The molecule has 1 saturated carbocycles. The van der Waals surface area contributed by atoms with Gasteiger partial charge in [0.25, 0.3) is 0 Å². The number of carbonyl (C=O) groups excluding carboxylic acids is 2. The Kier molecular flexibility index (Phi) is 8.49. The summed E-state index contributed by atoms with van der Waals surface area (Å²) in [5, 5.41) is 9.06. The molecule has 0 radical (unpaired) electrons. The van der Waals surface area contributed by atoms with Crippen molar-refractivity contribution < 1.29 is 14.3 Å². The number of benzene rings is 2. The van der Waals surface area contributed by atoms with Gasteiger partial charge in [-0.1, -0.05) is 0 Å². The number of carbonyl (C=O) groups is 2. The first-order chi connectivity index (χ1) is 17.9. The van der Waals surface area contributed by atoms with E-state index in [0.717, 1.165) is 36.0 Å². The molecule has 2 aromatic rings. The molecular weight excluding hydrogens is 585 g/mol. The molecule has 0 atom stereocenters. The van der Waals surface area contributed by atoms with E-state index in [4.69, 9.17) is 4.74 Å². The molecule has 2 aromatic carbocycles. The van der Waals surface area contributed by atoms with Crippen LogP contribution in [-0.2, 0) is 16.1 Å². The Morgan fingerprint density at radius 3 is 2.13 bits per heavy atom. The zero-order valence-electron chi connectivity index (χ0n) is 23.3. The summed E-state index contributed by atoms with van der Waals surface area (Å²) in [6.45, 7) is 5.87. The van der Waals surface area contributed by atoms with Gasteiger partial charge in [0.1, 0.15) is 0 Å². The maximum absolute atomic E-state index is 13.2. The van der Waals surface area contributed by atoms with E-state index in [1.165, 1.54) is 3.58 Å². The number of hydrazone groups is 2. The van der Waals surface area contributed by atoms with E-state index in [9.17, 15) is 9.59 Å². The van der Waals surface area contributed by atoms with Crippen molar-refractivity contribution in [2.45, 2.75) is 67.0 Å². The van der Waals surface area contributed by atoms with Crippen LogP contribution in [0.5, 0.6) is 0 Å². The van der Waals surface area contributed by atoms with Gasteiger partial charge in [0.2, 0.25) is 0 Å². The molecule has 1 aliphatic carbocycles. The molecule has 2 aliphatic rings. The maximum atomic E-state index is 13.2. The predicted octanol–water partition coefficient (Wildman–Crippen LogP) is 4.55. The second kappa shape index (κ2) is 11.5. The van der Waals surface area contributed by atoms with Gasteiger partial charge in [-0.15, -0.1) is 0 Å². The number of Topliss-reactive ketones (excluding diaryl/α,β-unsaturated/α-hetero) is 1. The van der Waals surface area contributed by atoms with Crippen LogP contribution in [0.2, 0.25) is 14.8 Å². The fourth-order valence-electron chi connectivity index (χ4n) is 4.25. The SMILES string of the molecule is CC(C)(C)OC(=O)N(CC(=O)C1CCC1)Cc1cc(C2=NNC(c3ccccc3)=NN2)c[c]([Sn]([CH3])([CH3])[CH3])c1. The first-order valence-electron chi connectivity index (χ1n) is 13.3. The van der Waals surface area contributed by atoms with Crippen LogP contribution in [0.25, 0.3) is 0 Å². The van der Waals surface area contributed by atoms with E-state index in [1.54, 1.807) is 4.90 Å². The third-order valence-electron chi connectivity index (χ3n) is 6.66. The Hall–Kier alpha value is -2.88. The zero-order valence-corrected chi connectivity index (χ0v) is 26.2. The van der Waals surface area contributed by atoms with Crippen molar-refractivity contribution >= 4 is 45.5 Å². The molecule has 0 bridgehead atoms. The third kappa shape index (κ3) is 7.36. The number of rotatable bonds is 8. The summed E-state index contributed by atoms with van der Waals surface area (Å²) in [6, 6.07) is 16.2. The summed E-state index contributed by atoms with van der Waals surface area (Å²) >= 11 is -2.54. The summed E-state index contributed by atoms with van der Waals surface area (Å²) < 4.78 is 6.98. The molecule has 38 heavy (non-hydrogen) atoms. The Morgan fingerprint density at radius 1 is 0.974 bits per heavy atom. The minimum absolute atomic E-state index is 0.0520. The molecule has 202 valence electrons. The van der Waals surface area contributed by atoms with Gasteiger partial charge in [-0.25, -0.2) is 0 Å². The second-order valence-corrected chi connectivity index (χ2v) is 26.6. The minimum atomic E-state index is -2.54. The molecule has 0 spiro atoms. The zero-order chi connectivity index (χ0) is 27.5. The molecular formula is C29H39N5O3Sn. The molecule has 1 heterocycles. The van der Waals surface area contributed by atoms with Gasteiger partial charge in [-0.3, -0.25) is 0 Å². The molecule has 1 amide bonds. The molecule has 2 N–H and O–H groups in total. The summed E-state index contributed by atoms with van der Waals surface area (Å²) in [4.78, 5) is 34.7. The Bertz CT molecular complexity index is 1240. The summed E-state index contributed by atoms with van der Waals surface area (Å²) in [7, 11) is 0. The van der Waals surface area contributed by atoms with E-state index in [-0.39, 0.29) is 24.8 Å². The summed E-state index contributed by atoms with van der Waals surface area (Å²) in [6.07, 6.45) is 2.42. The normalized spacial score (nSPS) is 15.8. The van der Waals surface area contributed by atoms with E-state index in [2.05, 4.69) is 48.0 Å². The van der Waals surface area contributed by atoms with E-state index in [1.807, 2.05) is 57.2 Å². The van der Waals surface area contributed by atoms with E-state index >= 15 is 0 Å². The molecule has 4 rings (SSSR count). The van der Waals surface area contributed by atoms with Crippen molar-refractivity contribution in [3.05, 3.63) is 65.2 Å². The van der Waals surface area contributed by atoms with Crippen molar-refractivity contribution in [3.8, 4) is 0 Å². The number of nitrogens with zero attached hydrogens (tertiary/aromatic N) is 3. The molecule has 0 aromatic heterocycles. The van der Waals surface area contributed by atoms with Gasteiger partial charge in [0.15, 0.2) is 0 Å². The number of ketones is 1. The number of amides is 1. The van der Waals surface area contributed by atoms with Crippen LogP contribution in [0.3, 0.4) is 0 Å². The number of hydrogen-bond donors (Lipinski definition) is 2. The van der Waals surface area contributed by atoms with Crippen molar-refractivity contribution in [2.75, 3.05) is 6.54 Å². The molecule has 1 aliphatic heterocycles. The Balaban J connectivity index is 1.61. The number of ether oxygens (including phenoxy) is 1. The fourth-order valence-corrected chi connectivity index (χ4v) is 7.70. The van der Waals surface area contributed by atoms with Crippen LogP contribution >= 0.6 is 0 Å². The van der Waals surface area contributed by atoms with Crippen LogP contribution in [0.4, 0.5) is 4.79 Å². The van der Waals surface area contributed by atoms with E-state index in [0.29, 0.717) is 11.7 Å². The third-order valence-corrected chi connectivity index (χ3v) is 12.4. The number of nitrogens with one attached hydrogen (secondary N) is 2. The summed E-state index contributed by atoms with van der Waals surface area (Å²) in [5.74, 6) is 1.42. The van der Waals surface area contributed by atoms with Gasteiger partial charge < -0.3 is 0 Å². The van der Waals surface area contributed by atoms with Crippen molar-refractivity contribution in [3.63, 3.8) is 0 Å². The van der Waals surface area contributed by atoms with Crippen LogP contribution in [0, 0.1) is 5.92 Å². The molecule has 8 nitrogen and oxygen atoms in total. The summed E-state index contributed by atoms with van der Waals surface area (Å²) in [5.41, 5.74) is 8.28. The van der Waals surface area contributed by atoms with Crippen LogP contribution < -0.4 is 14.4 Å². The van der Waals surface area contributed by atoms with Crippen molar-refractivity contribution in [2.24, 2.45) is 16.1 Å². The molecule has 9 heteroatoms. The average Bonchev–Trinajstić information content (AvgIpc) is 2.81. The Morgan fingerprint density at radius 2 is 1.61 bits per heavy atom. The first kappa shape index (κ1) is 28.1. The average molecular weight is 624 g/mol. The second-order valence-electron chi connectivity index (χ2n) is 12.1. The van der Waals surface area contributed by atoms with Gasteiger partial charge >= 0.3 is 230 Å². The van der Waals surface area contributed by atoms with Crippen LogP contribution in [0.1, 0.15) is 56.7 Å². The fraction of sp³-hybridized carbons (Fsp3) is 0.448. The predicted molar refractivity (Wildman–Crippen MR) is 154 cm³/mol. The topological polar surface area (TPSA) is 95.4 Å². The first-order valence-corrected chi connectivity index (χ1v) is 23.3. The van der Waals surface area contributed by atoms with Crippen molar-refractivity contribution in [1.29, 1.82) is 0 Å². The Labute approximate surface area is 229 Å². The molecule has 1 fully saturated rings. The van der Waals surface area contributed by atoms with Gasteiger partial charge in [-0.05, 0) is 0 Å². The van der Waals surface area contributed by atoms with Crippen molar-refractivity contribution in [1.82, 2.24) is 15.8 Å². The number of amidine groups is 2. The van der Waals surface area contributed by atoms with Gasteiger partial charge in [0, 0.05) is 0 Å². The van der Waals surface area contributed by atoms with Gasteiger partial charge in [0.05, 0.1) is 0 Å².